The minimum Gasteiger partial charge on any atom is -0.0924 e. The third kappa shape index (κ3) is 2.49. The van der Waals surface area contributed by atoms with Crippen molar-refractivity contribution in [1.82, 2.24) is 0 Å². The summed E-state index contributed by atoms with van der Waals surface area (Å²) < 4.78 is 0. The fraction of sp³-hybridized carbons (Fsp3) is 0.333. The fourth-order valence-electron chi connectivity index (χ4n) is 0.971. The molecular weight excluding hydrogens is 223 g/mol. The molecule has 0 aliphatic rings. The van der Waals surface area contributed by atoms with Crippen molar-refractivity contribution >= 4 is 27.5 Å². The summed E-state index contributed by atoms with van der Waals surface area (Å²) in [6.45, 7) is 2.03. The van der Waals surface area contributed by atoms with Gasteiger partial charge in [-0.25, -0.2) is 0 Å². The van der Waals surface area contributed by atoms with Crippen molar-refractivity contribution in [3.63, 3.8) is 0 Å². The second kappa shape index (κ2) is 4.13. The van der Waals surface area contributed by atoms with Crippen LogP contribution >= 0.6 is 27.5 Å². The molecule has 0 bridgehead atoms. The second-order valence-corrected chi connectivity index (χ2v) is 3.72. The molecule has 0 heterocycles. The lowest BCUT2D eigenvalue weighted by Crippen LogP contribution is -1.86. The first kappa shape index (κ1) is 9.08. The van der Waals surface area contributed by atoms with Crippen LogP contribution in [0, 0.1) is 6.92 Å². The summed E-state index contributed by atoms with van der Waals surface area (Å²) in [4.78, 5) is 0. The van der Waals surface area contributed by atoms with Crippen LogP contribution in [0.25, 0.3) is 0 Å². The topological polar surface area (TPSA) is 0 Å². The van der Waals surface area contributed by atoms with Crippen LogP contribution in [0.2, 0.25) is 5.02 Å². The Bertz CT molecular complexity index is 245. The highest BCUT2D eigenvalue weighted by atomic mass is 79.9. The Balaban J connectivity index is 2.86. The Morgan fingerprint density at radius 2 is 2.18 bits per heavy atom. The Hall–Kier alpha value is -0.0100. The van der Waals surface area contributed by atoms with Gasteiger partial charge in [-0.2, -0.15) is 0 Å². The number of hydrogen-bond donors (Lipinski definition) is 0. The van der Waals surface area contributed by atoms with Crippen molar-refractivity contribution in [3.8, 4) is 0 Å². The Kier molecular flexibility index (Phi) is 3.41. The molecule has 0 saturated carbocycles. The predicted octanol–water partition coefficient (Wildman–Crippen LogP) is 3.59. The van der Waals surface area contributed by atoms with E-state index in [0.717, 1.165) is 22.3 Å². The number of alkyl halides is 1. The maximum atomic E-state index is 5.87. The molecule has 0 nitrogen and oxygen atoms in total. The quantitative estimate of drug-likeness (QED) is 0.685. The molecule has 0 amide bonds. The van der Waals surface area contributed by atoms with Gasteiger partial charge in [0.1, 0.15) is 0 Å². The van der Waals surface area contributed by atoms with Gasteiger partial charge in [0, 0.05) is 10.4 Å². The summed E-state index contributed by atoms with van der Waals surface area (Å²) in [5.41, 5.74) is 2.49. The van der Waals surface area contributed by atoms with E-state index >= 15 is 0 Å². The van der Waals surface area contributed by atoms with E-state index in [1.165, 1.54) is 5.56 Å². The molecule has 0 aliphatic carbocycles. The Morgan fingerprint density at radius 3 is 2.73 bits per heavy atom. The standard InChI is InChI=1S/C9H10BrCl/c1-7-6-8(4-5-10)2-3-9(7)11/h2-3,6H,4-5H2,1H3. The zero-order chi connectivity index (χ0) is 8.27. The molecule has 0 atom stereocenters. The molecule has 1 aromatic carbocycles. The molecule has 0 N–H and O–H groups in total. The Morgan fingerprint density at radius 1 is 1.45 bits per heavy atom. The van der Waals surface area contributed by atoms with Crippen molar-refractivity contribution in [3.05, 3.63) is 34.3 Å². The van der Waals surface area contributed by atoms with E-state index < -0.39 is 0 Å². The van der Waals surface area contributed by atoms with Crippen LogP contribution in [0.1, 0.15) is 11.1 Å². The third-order valence-corrected chi connectivity index (χ3v) is 2.43. The van der Waals surface area contributed by atoms with Gasteiger partial charge in [-0.15, -0.1) is 0 Å². The van der Waals surface area contributed by atoms with Crippen molar-refractivity contribution < 1.29 is 0 Å². The summed E-state index contributed by atoms with van der Waals surface area (Å²) in [5.74, 6) is 0. The summed E-state index contributed by atoms with van der Waals surface area (Å²) >= 11 is 9.27. The summed E-state index contributed by atoms with van der Waals surface area (Å²) in [7, 11) is 0. The smallest absolute Gasteiger partial charge is 0.0435 e. The van der Waals surface area contributed by atoms with Crippen molar-refractivity contribution in [1.29, 1.82) is 0 Å². The lowest BCUT2D eigenvalue weighted by atomic mass is 10.1. The average molecular weight is 234 g/mol. The molecule has 0 aliphatic heterocycles. The van der Waals surface area contributed by atoms with Crippen LogP contribution in [0.15, 0.2) is 18.2 Å². The van der Waals surface area contributed by atoms with E-state index in [1.807, 2.05) is 13.0 Å². The SMILES string of the molecule is Cc1cc(CCBr)ccc1Cl. The van der Waals surface area contributed by atoms with Gasteiger partial charge in [-0.3, -0.25) is 0 Å². The van der Waals surface area contributed by atoms with E-state index in [9.17, 15) is 0 Å². The number of aryl methyl sites for hydroxylation is 2. The van der Waals surface area contributed by atoms with Crippen molar-refractivity contribution in [2.24, 2.45) is 0 Å². The molecule has 0 unspecified atom stereocenters. The van der Waals surface area contributed by atoms with Crippen LogP contribution in [0.3, 0.4) is 0 Å². The second-order valence-electron chi connectivity index (χ2n) is 2.52. The molecule has 0 spiro atoms. The van der Waals surface area contributed by atoms with Crippen LogP contribution in [-0.2, 0) is 6.42 Å². The molecule has 0 radical (unpaired) electrons. The normalized spacial score (nSPS) is 10.1. The van der Waals surface area contributed by atoms with Gasteiger partial charge >= 0.3 is 0 Å². The van der Waals surface area contributed by atoms with E-state index in [0.29, 0.717) is 0 Å². The van der Waals surface area contributed by atoms with E-state index in [1.54, 1.807) is 0 Å². The largest absolute Gasteiger partial charge is 0.0924 e. The molecule has 11 heavy (non-hydrogen) atoms. The highest BCUT2D eigenvalue weighted by Gasteiger charge is 1.95. The highest BCUT2D eigenvalue weighted by molar-refractivity contribution is 9.09. The monoisotopic (exact) mass is 232 g/mol. The predicted molar refractivity (Wildman–Crippen MR) is 53.7 cm³/mol. The van der Waals surface area contributed by atoms with Crippen molar-refractivity contribution in [2.75, 3.05) is 5.33 Å². The third-order valence-electron chi connectivity index (χ3n) is 1.61. The highest BCUT2D eigenvalue weighted by Crippen LogP contribution is 2.16. The fourth-order valence-corrected chi connectivity index (χ4v) is 1.55. The zero-order valence-electron chi connectivity index (χ0n) is 6.40. The number of hydrogen-bond acceptors (Lipinski definition) is 0. The van der Waals surface area contributed by atoms with E-state index in [-0.39, 0.29) is 0 Å². The first-order valence-corrected chi connectivity index (χ1v) is 5.05. The van der Waals surface area contributed by atoms with Crippen molar-refractivity contribution in [2.45, 2.75) is 13.3 Å². The van der Waals surface area contributed by atoms with Gasteiger partial charge in [0.25, 0.3) is 0 Å². The van der Waals surface area contributed by atoms with Gasteiger partial charge in [0.2, 0.25) is 0 Å². The first-order chi connectivity index (χ1) is 5.24. The molecule has 2 heteroatoms. The average Bonchev–Trinajstić information content (AvgIpc) is 1.98. The van der Waals surface area contributed by atoms with Gasteiger partial charge in [-0.05, 0) is 30.5 Å². The number of benzene rings is 1. The molecule has 60 valence electrons. The maximum absolute atomic E-state index is 5.87. The minimum atomic E-state index is 0.850. The summed E-state index contributed by atoms with van der Waals surface area (Å²) in [5, 5.41) is 1.86. The van der Waals surface area contributed by atoms with E-state index in [4.69, 9.17) is 11.6 Å². The molecule has 1 rings (SSSR count). The van der Waals surface area contributed by atoms with Gasteiger partial charge in [0.15, 0.2) is 0 Å². The minimum absolute atomic E-state index is 0.850. The Labute approximate surface area is 80.7 Å². The molecular formula is C9H10BrCl. The number of halogens is 2. The van der Waals surface area contributed by atoms with E-state index in [2.05, 4.69) is 28.1 Å². The lowest BCUT2D eigenvalue weighted by Gasteiger charge is -2.00. The number of rotatable bonds is 2. The molecule has 0 aromatic heterocycles. The molecule has 0 saturated heterocycles. The summed E-state index contributed by atoms with van der Waals surface area (Å²) in [6, 6.07) is 6.15. The first-order valence-electron chi connectivity index (χ1n) is 3.55. The zero-order valence-corrected chi connectivity index (χ0v) is 8.74. The molecule has 1 aromatic rings. The van der Waals surface area contributed by atoms with Gasteiger partial charge in [-0.1, -0.05) is 39.7 Å². The van der Waals surface area contributed by atoms with Gasteiger partial charge < -0.3 is 0 Å². The van der Waals surface area contributed by atoms with Crippen LogP contribution in [-0.4, -0.2) is 5.33 Å². The van der Waals surface area contributed by atoms with Crippen LogP contribution < -0.4 is 0 Å². The van der Waals surface area contributed by atoms with Gasteiger partial charge in [0.05, 0.1) is 0 Å². The molecule has 0 fully saturated rings. The van der Waals surface area contributed by atoms with Crippen LogP contribution in [0.5, 0.6) is 0 Å². The maximum Gasteiger partial charge on any atom is 0.0435 e. The van der Waals surface area contributed by atoms with Crippen LogP contribution in [0.4, 0.5) is 0 Å². The lowest BCUT2D eigenvalue weighted by molar-refractivity contribution is 1.16. The summed E-state index contributed by atoms with van der Waals surface area (Å²) in [6.07, 6.45) is 1.07.